The van der Waals surface area contributed by atoms with Crippen molar-refractivity contribution in [3.63, 3.8) is 0 Å². The maximum Gasteiger partial charge on any atom is 0.246 e. The number of nitrogens with zero attached hydrogens (tertiary/aromatic N) is 1. The minimum absolute atomic E-state index is 0.0283. The van der Waals surface area contributed by atoms with Crippen LogP contribution in [0.2, 0.25) is 0 Å². The Morgan fingerprint density at radius 1 is 1.03 bits per heavy atom. The molecule has 5 aliphatic rings. The average molecular weight is 444 g/mol. The lowest BCUT2D eigenvalue weighted by atomic mass is 9.70. The number of nitrogens with one attached hydrogen (secondary N) is 2. The maximum atomic E-state index is 14.0. The minimum atomic E-state index is -1.08. The first-order chi connectivity index (χ1) is 15.1. The van der Waals surface area contributed by atoms with Gasteiger partial charge in [-0.1, -0.05) is 37.8 Å². The van der Waals surface area contributed by atoms with Gasteiger partial charge in [0.2, 0.25) is 17.7 Å². The molecular formula is C25H37N3O4. The molecule has 2 aliphatic carbocycles. The molecule has 2 bridgehead atoms. The number of carbonyl (C=O) groups excluding carboxylic acids is 3. The molecule has 3 aliphatic heterocycles. The van der Waals surface area contributed by atoms with Gasteiger partial charge in [0.1, 0.15) is 11.6 Å². The van der Waals surface area contributed by atoms with E-state index in [-0.39, 0.29) is 29.8 Å². The molecule has 0 radical (unpaired) electrons. The topological polar surface area (TPSA) is 87.7 Å². The van der Waals surface area contributed by atoms with Crippen LogP contribution in [-0.2, 0) is 19.1 Å². The van der Waals surface area contributed by atoms with Crippen LogP contribution >= 0.6 is 0 Å². The highest BCUT2D eigenvalue weighted by atomic mass is 16.5. The first kappa shape index (κ1) is 21.9. The summed E-state index contributed by atoms with van der Waals surface area (Å²) in [6, 6.07) is -0.544. The fraction of sp³-hybridized carbons (Fsp3) is 0.800. The van der Waals surface area contributed by atoms with Crippen LogP contribution in [-0.4, -0.2) is 57.5 Å². The molecule has 5 atom stereocenters. The number of hydrogen-bond acceptors (Lipinski definition) is 4. The van der Waals surface area contributed by atoms with E-state index in [0.717, 1.165) is 51.4 Å². The third-order valence-corrected chi connectivity index (χ3v) is 8.18. The van der Waals surface area contributed by atoms with E-state index in [9.17, 15) is 14.4 Å². The number of likely N-dealkylation sites (tertiary alicyclic amines) is 1. The molecule has 176 valence electrons. The molecule has 7 heteroatoms. The van der Waals surface area contributed by atoms with Gasteiger partial charge in [0.05, 0.1) is 17.4 Å². The first-order valence-electron chi connectivity index (χ1n) is 12.4. The molecule has 2 saturated carbocycles. The van der Waals surface area contributed by atoms with Crippen LogP contribution in [0.15, 0.2) is 12.2 Å². The third-order valence-electron chi connectivity index (χ3n) is 8.18. The largest absolute Gasteiger partial charge is 0.356 e. The normalized spacial score (nSPS) is 39.2. The zero-order valence-electron chi connectivity index (χ0n) is 19.8. The van der Waals surface area contributed by atoms with Gasteiger partial charge in [-0.2, -0.15) is 0 Å². The van der Waals surface area contributed by atoms with Gasteiger partial charge in [-0.25, -0.2) is 0 Å². The second-order valence-electron chi connectivity index (χ2n) is 11.7. The van der Waals surface area contributed by atoms with Gasteiger partial charge >= 0.3 is 0 Å². The zero-order chi connectivity index (χ0) is 22.9. The summed E-state index contributed by atoms with van der Waals surface area (Å²) in [5.74, 6) is -1.66. The van der Waals surface area contributed by atoms with Crippen molar-refractivity contribution in [3.05, 3.63) is 12.2 Å². The molecule has 3 amide bonds. The van der Waals surface area contributed by atoms with Crippen molar-refractivity contribution in [2.75, 3.05) is 0 Å². The summed E-state index contributed by atoms with van der Waals surface area (Å²) < 4.78 is 6.58. The highest BCUT2D eigenvalue weighted by molar-refractivity contribution is 6.00. The molecule has 32 heavy (non-hydrogen) atoms. The SMILES string of the molecule is CC(C)(C)NC(=O)[C@H]1N(C2CCCC2)C(=O)[C@@H]2[C@H](C(=O)NC3CCCC3)[C@]3(C)C=C[C@]21O3. The summed E-state index contributed by atoms with van der Waals surface area (Å²) in [6.45, 7) is 7.72. The van der Waals surface area contributed by atoms with Crippen molar-refractivity contribution in [1.29, 1.82) is 0 Å². The van der Waals surface area contributed by atoms with E-state index >= 15 is 0 Å². The summed E-state index contributed by atoms with van der Waals surface area (Å²) in [5, 5.41) is 6.30. The molecule has 0 aromatic carbocycles. The highest BCUT2D eigenvalue weighted by Gasteiger charge is 2.76. The van der Waals surface area contributed by atoms with Crippen molar-refractivity contribution in [1.82, 2.24) is 15.5 Å². The molecule has 1 spiro atoms. The maximum absolute atomic E-state index is 14.0. The molecule has 0 aromatic rings. The van der Waals surface area contributed by atoms with Crippen molar-refractivity contribution >= 4 is 17.7 Å². The zero-order valence-corrected chi connectivity index (χ0v) is 19.8. The second-order valence-corrected chi connectivity index (χ2v) is 11.7. The number of carbonyl (C=O) groups is 3. The van der Waals surface area contributed by atoms with E-state index in [4.69, 9.17) is 4.74 Å². The van der Waals surface area contributed by atoms with E-state index in [1.165, 1.54) is 0 Å². The summed E-state index contributed by atoms with van der Waals surface area (Å²) in [5.41, 5.74) is -2.38. The molecule has 7 nitrogen and oxygen atoms in total. The summed E-state index contributed by atoms with van der Waals surface area (Å²) in [7, 11) is 0. The second kappa shape index (κ2) is 7.31. The monoisotopic (exact) mass is 443 g/mol. The average Bonchev–Trinajstić information content (AvgIpc) is 3.47. The molecule has 2 saturated heterocycles. The highest BCUT2D eigenvalue weighted by Crippen LogP contribution is 2.60. The number of amides is 3. The van der Waals surface area contributed by atoms with Crippen LogP contribution in [0.4, 0.5) is 0 Å². The minimum Gasteiger partial charge on any atom is -0.356 e. The number of ether oxygens (including phenoxy) is 1. The van der Waals surface area contributed by atoms with Gasteiger partial charge in [-0.3, -0.25) is 14.4 Å². The van der Waals surface area contributed by atoms with Crippen LogP contribution in [0.1, 0.15) is 79.1 Å². The molecule has 2 N–H and O–H groups in total. The molecule has 0 unspecified atom stereocenters. The van der Waals surface area contributed by atoms with Crippen molar-refractivity contribution in [2.45, 2.75) is 114 Å². The Labute approximate surface area is 190 Å². The quantitative estimate of drug-likeness (QED) is 0.654. The van der Waals surface area contributed by atoms with E-state index < -0.39 is 34.6 Å². The van der Waals surface area contributed by atoms with Gasteiger partial charge in [0.25, 0.3) is 0 Å². The van der Waals surface area contributed by atoms with Gasteiger partial charge in [-0.15, -0.1) is 0 Å². The first-order valence-corrected chi connectivity index (χ1v) is 12.4. The van der Waals surface area contributed by atoms with Gasteiger partial charge in [-0.05, 0) is 53.4 Å². The lowest BCUT2D eigenvalue weighted by molar-refractivity contribution is -0.148. The number of fused-ring (bicyclic) bond motifs is 1. The van der Waals surface area contributed by atoms with E-state index in [1.54, 1.807) is 4.90 Å². The third kappa shape index (κ3) is 3.22. The number of hydrogen-bond donors (Lipinski definition) is 2. The van der Waals surface area contributed by atoms with Crippen molar-refractivity contribution in [3.8, 4) is 0 Å². The molecule has 0 aromatic heterocycles. The Hall–Kier alpha value is -1.89. The smallest absolute Gasteiger partial charge is 0.246 e. The fourth-order valence-electron chi connectivity index (χ4n) is 6.94. The Morgan fingerprint density at radius 2 is 1.66 bits per heavy atom. The molecule has 5 rings (SSSR count). The number of rotatable bonds is 4. The van der Waals surface area contributed by atoms with Crippen LogP contribution < -0.4 is 10.6 Å². The molecule has 3 heterocycles. The van der Waals surface area contributed by atoms with Gasteiger partial charge in [0, 0.05) is 17.6 Å². The van der Waals surface area contributed by atoms with Crippen molar-refractivity contribution < 1.29 is 19.1 Å². The fourth-order valence-corrected chi connectivity index (χ4v) is 6.94. The van der Waals surface area contributed by atoms with Crippen LogP contribution in [0.25, 0.3) is 0 Å². The Balaban J connectivity index is 1.52. The van der Waals surface area contributed by atoms with Crippen LogP contribution in [0, 0.1) is 11.8 Å². The van der Waals surface area contributed by atoms with Crippen LogP contribution in [0.3, 0.4) is 0 Å². The van der Waals surface area contributed by atoms with Gasteiger partial charge in [0.15, 0.2) is 0 Å². The van der Waals surface area contributed by atoms with Gasteiger partial charge < -0.3 is 20.3 Å². The standard InChI is InChI=1S/C25H37N3O4/c1-23(2,3)27-21(30)19-25-14-13-24(4,32-25)17(20(29)26-15-9-5-6-10-15)18(25)22(31)28(19)16-11-7-8-12-16/h13-19H,5-12H2,1-4H3,(H,26,29)(H,27,30)/t17-,18+,19-,24+,25+/m1/s1. The molecular weight excluding hydrogens is 406 g/mol. The van der Waals surface area contributed by atoms with Crippen molar-refractivity contribution in [2.24, 2.45) is 11.8 Å². The summed E-state index contributed by atoms with van der Waals surface area (Å²) in [6.07, 6.45) is 12.0. The Bertz CT molecular complexity index is 852. The lowest BCUT2D eigenvalue weighted by Gasteiger charge is -2.37. The molecule has 4 fully saturated rings. The van der Waals surface area contributed by atoms with Crippen LogP contribution in [0.5, 0.6) is 0 Å². The summed E-state index contributed by atoms with van der Waals surface area (Å²) >= 11 is 0. The predicted molar refractivity (Wildman–Crippen MR) is 120 cm³/mol. The van der Waals surface area contributed by atoms with E-state index in [0.29, 0.717) is 0 Å². The Morgan fingerprint density at radius 3 is 2.28 bits per heavy atom. The van der Waals surface area contributed by atoms with E-state index in [1.807, 2.05) is 39.8 Å². The summed E-state index contributed by atoms with van der Waals surface area (Å²) in [4.78, 5) is 42.9. The van der Waals surface area contributed by atoms with E-state index in [2.05, 4.69) is 10.6 Å². The predicted octanol–water partition coefficient (Wildman–Crippen LogP) is 2.44. The lowest BCUT2D eigenvalue weighted by Crippen LogP contribution is -2.59. The Kier molecular flexibility index (Phi) is 5.01.